The maximum atomic E-state index is 12.4. The quantitative estimate of drug-likeness (QED) is 0.617. The van der Waals surface area contributed by atoms with Crippen LogP contribution in [-0.2, 0) is 0 Å². The number of nitrogens with zero attached hydrogens (tertiary/aromatic N) is 3. The molecule has 0 bridgehead atoms. The van der Waals surface area contributed by atoms with Crippen molar-refractivity contribution in [2.45, 2.75) is 25.1 Å². The number of ether oxygens (including phenoxy) is 1. The molecular weight excluding hydrogens is 365 g/mol. The summed E-state index contributed by atoms with van der Waals surface area (Å²) >= 11 is 0. The van der Waals surface area contributed by atoms with Crippen LogP contribution < -0.4 is 15.0 Å². The summed E-state index contributed by atoms with van der Waals surface area (Å²) in [5.41, 5.74) is 0.190. The van der Waals surface area contributed by atoms with Crippen molar-refractivity contribution in [3.63, 3.8) is 0 Å². The standard InChI is InChI=1S/C17H23F3N4O3/c18-17(19,20)12-27-16-11-14(1-2-15(16)24(25)26)22-7-3-13(4-8-22)23-9-5-21-6-10-23/h1-2,11,13,21H,3-10,12H2. The fraction of sp³-hybridized carbons (Fsp3) is 0.647. The Kier molecular flexibility index (Phi) is 6.05. The second kappa shape index (κ2) is 8.30. The average molecular weight is 388 g/mol. The van der Waals surface area contributed by atoms with E-state index in [4.69, 9.17) is 4.74 Å². The highest BCUT2D eigenvalue weighted by Gasteiger charge is 2.31. The third kappa shape index (κ3) is 5.23. The van der Waals surface area contributed by atoms with Crippen LogP contribution in [-0.4, -0.2) is 67.9 Å². The zero-order valence-electron chi connectivity index (χ0n) is 14.9. The van der Waals surface area contributed by atoms with Crippen LogP contribution in [0.1, 0.15) is 12.8 Å². The van der Waals surface area contributed by atoms with Gasteiger partial charge in [-0.3, -0.25) is 15.0 Å². The minimum Gasteiger partial charge on any atom is -0.477 e. The predicted octanol–water partition coefficient (Wildman–Crippen LogP) is 2.41. The van der Waals surface area contributed by atoms with Crippen molar-refractivity contribution in [2.24, 2.45) is 0 Å². The van der Waals surface area contributed by atoms with E-state index in [2.05, 4.69) is 10.2 Å². The Morgan fingerprint density at radius 2 is 1.85 bits per heavy atom. The maximum Gasteiger partial charge on any atom is 0.422 e. The van der Waals surface area contributed by atoms with Crippen LogP contribution in [0.15, 0.2) is 18.2 Å². The molecule has 0 radical (unpaired) electrons. The number of piperazine rings is 1. The number of alkyl halides is 3. The molecule has 1 aromatic rings. The Hall–Kier alpha value is -2.07. The molecule has 2 aliphatic heterocycles. The van der Waals surface area contributed by atoms with Crippen molar-refractivity contribution in [1.82, 2.24) is 10.2 Å². The lowest BCUT2D eigenvalue weighted by molar-refractivity contribution is -0.386. The molecule has 0 amide bonds. The molecule has 7 nitrogen and oxygen atoms in total. The summed E-state index contributed by atoms with van der Waals surface area (Å²) in [7, 11) is 0. The van der Waals surface area contributed by atoms with Gasteiger partial charge in [0.2, 0.25) is 0 Å². The minimum absolute atomic E-state index is 0.348. The van der Waals surface area contributed by atoms with E-state index >= 15 is 0 Å². The number of nitro benzene ring substituents is 1. The Balaban J connectivity index is 1.66. The van der Waals surface area contributed by atoms with E-state index in [9.17, 15) is 23.3 Å². The normalized spacial score (nSPS) is 19.9. The summed E-state index contributed by atoms with van der Waals surface area (Å²) in [6.07, 6.45) is -2.64. The van der Waals surface area contributed by atoms with Crippen molar-refractivity contribution in [3.8, 4) is 5.75 Å². The average Bonchev–Trinajstić information content (AvgIpc) is 2.66. The van der Waals surface area contributed by atoms with Crippen LogP contribution in [0, 0.1) is 10.1 Å². The lowest BCUT2D eigenvalue weighted by Crippen LogP contribution is -2.52. The largest absolute Gasteiger partial charge is 0.477 e. The van der Waals surface area contributed by atoms with Crippen LogP contribution in [0.4, 0.5) is 24.5 Å². The molecule has 0 spiro atoms. The SMILES string of the molecule is O=[N+]([O-])c1ccc(N2CCC(N3CCNCC3)CC2)cc1OCC(F)(F)F. The van der Waals surface area contributed by atoms with Gasteiger partial charge in [-0.25, -0.2) is 0 Å². The van der Waals surface area contributed by atoms with E-state index in [0.717, 1.165) is 52.1 Å². The molecule has 2 saturated heterocycles. The first-order valence-corrected chi connectivity index (χ1v) is 9.01. The zero-order valence-corrected chi connectivity index (χ0v) is 14.9. The Morgan fingerprint density at radius 3 is 2.44 bits per heavy atom. The number of rotatable bonds is 5. The van der Waals surface area contributed by atoms with Crippen molar-refractivity contribution in [1.29, 1.82) is 0 Å². The van der Waals surface area contributed by atoms with Gasteiger partial charge in [-0.05, 0) is 18.9 Å². The van der Waals surface area contributed by atoms with Gasteiger partial charge in [0.1, 0.15) is 0 Å². The number of hydrogen-bond donors (Lipinski definition) is 1. The summed E-state index contributed by atoms with van der Waals surface area (Å²) in [4.78, 5) is 14.9. The highest BCUT2D eigenvalue weighted by molar-refractivity contribution is 5.59. The fourth-order valence-electron chi connectivity index (χ4n) is 3.66. The number of piperidine rings is 1. The number of halogens is 3. The summed E-state index contributed by atoms with van der Waals surface area (Å²) in [6.45, 7) is 3.98. The predicted molar refractivity (Wildman–Crippen MR) is 94.3 cm³/mol. The van der Waals surface area contributed by atoms with Gasteiger partial charge in [-0.15, -0.1) is 0 Å². The zero-order chi connectivity index (χ0) is 19.4. The first kappa shape index (κ1) is 19.7. The van der Waals surface area contributed by atoms with Crippen molar-refractivity contribution >= 4 is 11.4 Å². The first-order valence-electron chi connectivity index (χ1n) is 9.01. The molecule has 0 unspecified atom stereocenters. The molecular formula is C17H23F3N4O3. The molecule has 27 heavy (non-hydrogen) atoms. The number of nitrogens with one attached hydrogen (secondary N) is 1. The third-order valence-electron chi connectivity index (χ3n) is 5.03. The molecule has 0 saturated carbocycles. The summed E-state index contributed by atoms with van der Waals surface area (Å²) < 4.78 is 42.0. The highest BCUT2D eigenvalue weighted by Crippen LogP contribution is 2.34. The summed E-state index contributed by atoms with van der Waals surface area (Å²) in [5, 5.41) is 14.4. The smallest absolute Gasteiger partial charge is 0.422 e. The van der Waals surface area contributed by atoms with Gasteiger partial charge in [-0.2, -0.15) is 13.2 Å². The molecule has 0 atom stereocenters. The molecule has 10 heteroatoms. The monoisotopic (exact) mass is 388 g/mol. The van der Waals surface area contributed by atoms with Gasteiger partial charge in [0.25, 0.3) is 0 Å². The van der Waals surface area contributed by atoms with E-state index in [-0.39, 0.29) is 5.75 Å². The van der Waals surface area contributed by atoms with Crippen molar-refractivity contribution in [3.05, 3.63) is 28.3 Å². The molecule has 0 aliphatic carbocycles. The van der Waals surface area contributed by atoms with Gasteiger partial charge in [0.15, 0.2) is 12.4 Å². The van der Waals surface area contributed by atoms with Crippen molar-refractivity contribution < 1.29 is 22.8 Å². The van der Waals surface area contributed by atoms with E-state index < -0.39 is 23.4 Å². The maximum absolute atomic E-state index is 12.4. The third-order valence-corrected chi connectivity index (χ3v) is 5.03. The molecule has 1 N–H and O–H groups in total. The van der Waals surface area contributed by atoms with E-state index in [1.54, 1.807) is 6.07 Å². The van der Waals surface area contributed by atoms with Gasteiger partial charge in [-0.1, -0.05) is 0 Å². The Bertz CT molecular complexity index is 657. The van der Waals surface area contributed by atoms with E-state index in [1.807, 2.05) is 4.90 Å². The van der Waals surface area contributed by atoms with Gasteiger partial charge in [0, 0.05) is 63.1 Å². The second-order valence-electron chi connectivity index (χ2n) is 6.82. The van der Waals surface area contributed by atoms with E-state index in [0.29, 0.717) is 11.7 Å². The van der Waals surface area contributed by atoms with Crippen LogP contribution in [0.3, 0.4) is 0 Å². The molecule has 2 heterocycles. The summed E-state index contributed by atoms with van der Waals surface area (Å²) in [6, 6.07) is 4.63. The number of nitro groups is 1. The molecule has 2 fully saturated rings. The van der Waals surface area contributed by atoms with Crippen LogP contribution in [0.25, 0.3) is 0 Å². The number of anilines is 1. The van der Waals surface area contributed by atoms with Crippen LogP contribution in [0.2, 0.25) is 0 Å². The molecule has 2 aliphatic rings. The molecule has 150 valence electrons. The second-order valence-corrected chi connectivity index (χ2v) is 6.82. The fourth-order valence-corrected chi connectivity index (χ4v) is 3.66. The lowest BCUT2D eigenvalue weighted by atomic mass is 10.0. The van der Waals surface area contributed by atoms with Gasteiger partial charge < -0.3 is 15.0 Å². The van der Waals surface area contributed by atoms with Crippen molar-refractivity contribution in [2.75, 3.05) is 50.8 Å². The van der Waals surface area contributed by atoms with Crippen LogP contribution in [0.5, 0.6) is 5.75 Å². The topological polar surface area (TPSA) is 70.9 Å². The van der Waals surface area contributed by atoms with Gasteiger partial charge in [0.05, 0.1) is 4.92 Å². The molecule has 3 rings (SSSR count). The lowest BCUT2D eigenvalue weighted by Gasteiger charge is -2.41. The van der Waals surface area contributed by atoms with Gasteiger partial charge >= 0.3 is 11.9 Å². The van der Waals surface area contributed by atoms with E-state index in [1.165, 1.54) is 12.1 Å². The minimum atomic E-state index is -4.55. The number of hydrogen-bond acceptors (Lipinski definition) is 6. The first-order chi connectivity index (χ1) is 12.8. The number of benzene rings is 1. The summed E-state index contributed by atoms with van der Waals surface area (Å²) in [5.74, 6) is -0.348. The molecule has 0 aromatic heterocycles. The molecule has 1 aromatic carbocycles. The Labute approximate surface area is 155 Å². The highest BCUT2D eigenvalue weighted by atomic mass is 19.4. The van der Waals surface area contributed by atoms with Crippen LogP contribution >= 0.6 is 0 Å². The Morgan fingerprint density at radius 1 is 1.19 bits per heavy atom.